The number of pyridine rings is 1. The quantitative estimate of drug-likeness (QED) is 0.793. The molecule has 6 heteroatoms. The first-order valence-corrected chi connectivity index (χ1v) is 5.50. The van der Waals surface area contributed by atoms with Crippen LogP contribution in [-0.4, -0.2) is 37.8 Å². The molecule has 1 aromatic heterocycles. The molecule has 0 saturated carbocycles. The third-order valence-corrected chi connectivity index (χ3v) is 2.11. The monoisotopic (exact) mass is 288 g/mol. The largest absolute Gasteiger partial charge is 0.482 e. The fourth-order valence-corrected chi connectivity index (χ4v) is 1.31. The van der Waals surface area contributed by atoms with Crippen LogP contribution >= 0.6 is 15.9 Å². The molecule has 0 atom stereocenters. The summed E-state index contributed by atoms with van der Waals surface area (Å²) in [6.07, 6.45) is 3.19. The normalized spacial score (nSPS) is 9.88. The summed E-state index contributed by atoms with van der Waals surface area (Å²) < 4.78 is 10.8. The highest BCUT2D eigenvalue weighted by atomic mass is 79.9. The van der Waals surface area contributed by atoms with Crippen LogP contribution < -0.4 is 10.1 Å². The van der Waals surface area contributed by atoms with Gasteiger partial charge in [0.2, 0.25) is 0 Å². The topological polar surface area (TPSA) is 60.5 Å². The number of hydrogen-bond donors (Lipinski definition) is 1. The molecule has 0 bridgehead atoms. The molecule has 0 aromatic carbocycles. The molecule has 16 heavy (non-hydrogen) atoms. The first-order chi connectivity index (χ1) is 7.72. The van der Waals surface area contributed by atoms with Crippen molar-refractivity contribution in [3.8, 4) is 5.75 Å². The number of carbonyl (C=O) groups excluding carboxylic acids is 1. The molecule has 0 unspecified atom stereocenters. The van der Waals surface area contributed by atoms with Crippen LogP contribution in [0.4, 0.5) is 0 Å². The smallest absolute Gasteiger partial charge is 0.258 e. The molecule has 88 valence electrons. The minimum absolute atomic E-state index is 0.0259. The van der Waals surface area contributed by atoms with Gasteiger partial charge in [-0.2, -0.15) is 0 Å². The Balaban J connectivity index is 2.26. The summed E-state index contributed by atoms with van der Waals surface area (Å²) in [4.78, 5) is 15.2. The van der Waals surface area contributed by atoms with E-state index in [0.29, 0.717) is 18.9 Å². The van der Waals surface area contributed by atoms with E-state index in [2.05, 4.69) is 26.2 Å². The van der Waals surface area contributed by atoms with E-state index in [1.54, 1.807) is 25.6 Å². The highest BCUT2D eigenvalue weighted by Gasteiger charge is 2.02. The molecule has 0 aliphatic carbocycles. The van der Waals surface area contributed by atoms with Gasteiger partial charge in [-0.3, -0.25) is 9.78 Å². The van der Waals surface area contributed by atoms with Crippen molar-refractivity contribution < 1.29 is 14.3 Å². The summed E-state index contributed by atoms with van der Waals surface area (Å²) in [6.45, 7) is 0.946. The van der Waals surface area contributed by atoms with Gasteiger partial charge in [-0.15, -0.1) is 0 Å². The number of halogens is 1. The molecular weight excluding hydrogens is 276 g/mol. The predicted molar refractivity (Wildman–Crippen MR) is 62.3 cm³/mol. The van der Waals surface area contributed by atoms with E-state index in [9.17, 15) is 4.79 Å². The molecule has 0 spiro atoms. The highest BCUT2D eigenvalue weighted by Crippen LogP contribution is 2.15. The molecule has 0 aliphatic heterocycles. The van der Waals surface area contributed by atoms with Crippen molar-refractivity contribution in [1.82, 2.24) is 10.3 Å². The third kappa shape index (κ3) is 5.09. The van der Waals surface area contributed by atoms with E-state index < -0.39 is 0 Å². The van der Waals surface area contributed by atoms with Gasteiger partial charge in [0.15, 0.2) is 6.61 Å². The first kappa shape index (κ1) is 12.9. The molecule has 0 aliphatic rings. The van der Waals surface area contributed by atoms with Gasteiger partial charge in [0.1, 0.15) is 5.75 Å². The standard InChI is InChI=1S/C10H13BrN2O3/c1-15-3-2-13-10(14)7-16-9-4-8(11)5-12-6-9/h4-6H,2-3,7H2,1H3,(H,13,14). The lowest BCUT2D eigenvalue weighted by atomic mass is 10.4. The number of rotatable bonds is 6. The Kier molecular flexibility index (Phi) is 5.81. The zero-order chi connectivity index (χ0) is 11.8. The highest BCUT2D eigenvalue weighted by molar-refractivity contribution is 9.10. The molecule has 1 N–H and O–H groups in total. The third-order valence-electron chi connectivity index (χ3n) is 1.68. The van der Waals surface area contributed by atoms with Crippen LogP contribution in [0.15, 0.2) is 22.9 Å². The summed E-state index contributed by atoms with van der Waals surface area (Å²) in [7, 11) is 1.58. The van der Waals surface area contributed by atoms with Crippen LogP contribution in [-0.2, 0) is 9.53 Å². The lowest BCUT2D eigenvalue weighted by Gasteiger charge is -2.06. The summed E-state index contributed by atoms with van der Waals surface area (Å²) in [5, 5.41) is 2.65. The molecular formula is C10H13BrN2O3. The van der Waals surface area contributed by atoms with E-state index >= 15 is 0 Å². The summed E-state index contributed by atoms with van der Waals surface area (Å²) >= 11 is 3.26. The maximum Gasteiger partial charge on any atom is 0.258 e. The van der Waals surface area contributed by atoms with E-state index in [1.165, 1.54) is 0 Å². The zero-order valence-corrected chi connectivity index (χ0v) is 10.5. The number of methoxy groups -OCH3 is 1. The number of nitrogens with one attached hydrogen (secondary N) is 1. The van der Waals surface area contributed by atoms with Gasteiger partial charge < -0.3 is 14.8 Å². The van der Waals surface area contributed by atoms with Crippen molar-refractivity contribution in [2.45, 2.75) is 0 Å². The van der Waals surface area contributed by atoms with Crippen LogP contribution in [0.1, 0.15) is 0 Å². The number of ether oxygens (including phenoxy) is 2. The summed E-state index contributed by atoms with van der Waals surface area (Å²) in [5.74, 6) is 0.369. The second-order valence-electron chi connectivity index (χ2n) is 2.97. The van der Waals surface area contributed by atoms with Gasteiger partial charge in [0, 0.05) is 24.3 Å². The predicted octanol–water partition coefficient (Wildman–Crippen LogP) is 0.985. The Hall–Kier alpha value is -1.14. The molecule has 0 radical (unpaired) electrons. The van der Waals surface area contributed by atoms with E-state index in [-0.39, 0.29) is 12.5 Å². The van der Waals surface area contributed by atoms with Crippen LogP contribution in [0.25, 0.3) is 0 Å². The minimum atomic E-state index is -0.183. The van der Waals surface area contributed by atoms with Gasteiger partial charge >= 0.3 is 0 Å². The molecule has 5 nitrogen and oxygen atoms in total. The minimum Gasteiger partial charge on any atom is -0.482 e. The Morgan fingerprint density at radius 2 is 2.38 bits per heavy atom. The van der Waals surface area contributed by atoms with Gasteiger partial charge in [0.05, 0.1) is 12.8 Å². The maximum atomic E-state index is 11.3. The molecule has 1 aromatic rings. The summed E-state index contributed by atoms with van der Waals surface area (Å²) in [5.41, 5.74) is 0. The molecule has 1 amide bonds. The van der Waals surface area contributed by atoms with Crippen molar-refractivity contribution >= 4 is 21.8 Å². The maximum absolute atomic E-state index is 11.3. The Labute approximate surface area is 102 Å². The Bertz CT molecular complexity index is 347. The second-order valence-corrected chi connectivity index (χ2v) is 3.89. The fraction of sp³-hybridized carbons (Fsp3) is 0.400. The average Bonchev–Trinajstić information content (AvgIpc) is 2.27. The molecule has 0 fully saturated rings. The fourth-order valence-electron chi connectivity index (χ4n) is 0.964. The van der Waals surface area contributed by atoms with Crippen molar-refractivity contribution in [1.29, 1.82) is 0 Å². The molecule has 1 rings (SSSR count). The van der Waals surface area contributed by atoms with Crippen LogP contribution in [0.2, 0.25) is 0 Å². The SMILES string of the molecule is COCCNC(=O)COc1cncc(Br)c1. The second kappa shape index (κ2) is 7.19. The van der Waals surface area contributed by atoms with Gasteiger partial charge in [-0.1, -0.05) is 0 Å². The summed E-state index contributed by atoms with van der Waals surface area (Å²) in [6, 6.07) is 1.75. The van der Waals surface area contributed by atoms with Crippen molar-refractivity contribution in [2.75, 3.05) is 26.9 Å². The number of carbonyl (C=O) groups is 1. The number of hydrogen-bond acceptors (Lipinski definition) is 4. The zero-order valence-electron chi connectivity index (χ0n) is 8.90. The number of nitrogens with zero attached hydrogens (tertiary/aromatic N) is 1. The Morgan fingerprint density at radius 1 is 1.56 bits per heavy atom. The lowest BCUT2D eigenvalue weighted by molar-refractivity contribution is -0.123. The van der Waals surface area contributed by atoms with Crippen LogP contribution in [0.5, 0.6) is 5.75 Å². The van der Waals surface area contributed by atoms with E-state index in [1.807, 2.05) is 0 Å². The number of aromatic nitrogens is 1. The van der Waals surface area contributed by atoms with Crippen LogP contribution in [0.3, 0.4) is 0 Å². The van der Waals surface area contributed by atoms with Crippen molar-refractivity contribution in [3.63, 3.8) is 0 Å². The van der Waals surface area contributed by atoms with Gasteiger partial charge in [-0.25, -0.2) is 0 Å². The molecule has 0 saturated heterocycles. The van der Waals surface area contributed by atoms with Crippen molar-refractivity contribution in [3.05, 3.63) is 22.9 Å². The van der Waals surface area contributed by atoms with E-state index in [0.717, 1.165) is 4.47 Å². The number of amides is 1. The first-order valence-electron chi connectivity index (χ1n) is 4.71. The van der Waals surface area contributed by atoms with Gasteiger partial charge in [-0.05, 0) is 22.0 Å². The van der Waals surface area contributed by atoms with Gasteiger partial charge in [0.25, 0.3) is 5.91 Å². The lowest BCUT2D eigenvalue weighted by Crippen LogP contribution is -2.31. The molecule has 1 heterocycles. The average molecular weight is 289 g/mol. The van der Waals surface area contributed by atoms with Crippen LogP contribution in [0, 0.1) is 0 Å². The van der Waals surface area contributed by atoms with E-state index in [4.69, 9.17) is 9.47 Å². The Morgan fingerprint density at radius 3 is 3.06 bits per heavy atom. The van der Waals surface area contributed by atoms with Crippen molar-refractivity contribution in [2.24, 2.45) is 0 Å².